The number of carbonyl (C=O) groups excluding carboxylic acids is 1. The molecular formula is C17H13FN2O. The zero-order valence-corrected chi connectivity index (χ0v) is 11.4. The fourth-order valence-corrected chi connectivity index (χ4v) is 2.16. The number of pyridine rings is 1. The molecule has 1 heterocycles. The van der Waals surface area contributed by atoms with Crippen LogP contribution in [0.2, 0.25) is 0 Å². The van der Waals surface area contributed by atoms with Crippen LogP contribution in [0.15, 0.2) is 54.7 Å². The largest absolute Gasteiger partial charge is 0.320 e. The summed E-state index contributed by atoms with van der Waals surface area (Å²) in [5.74, 6) is -0.975. The number of para-hydroxylation sites is 1. The van der Waals surface area contributed by atoms with Gasteiger partial charge in [-0.05, 0) is 30.7 Å². The molecule has 3 aromatic rings. The molecule has 4 heteroatoms. The summed E-state index contributed by atoms with van der Waals surface area (Å²) in [5, 5.41) is 3.59. The second-order valence-corrected chi connectivity index (χ2v) is 4.81. The molecule has 21 heavy (non-hydrogen) atoms. The predicted octanol–water partition coefficient (Wildman–Crippen LogP) is 3.93. The van der Waals surface area contributed by atoms with Gasteiger partial charge in [-0.15, -0.1) is 0 Å². The molecule has 0 bridgehead atoms. The minimum absolute atomic E-state index is 0.0307. The van der Waals surface area contributed by atoms with Crippen molar-refractivity contribution in [3.63, 3.8) is 0 Å². The third kappa shape index (κ3) is 2.60. The van der Waals surface area contributed by atoms with Gasteiger partial charge in [0.2, 0.25) is 0 Å². The molecule has 3 rings (SSSR count). The molecule has 0 aliphatic heterocycles. The number of nitrogens with one attached hydrogen (secondary N) is 1. The van der Waals surface area contributed by atoms with E-state index in [0.29, 0.717) is 11.3 Å². The van der Waals surface area contributed by atoms with Crippen LogP contribution in [-0.2, 0) is 0 Å². The minimum atomic E-state index is -0.497. The Bertz CT molecular complexity index is 830. The monoisotopic (exact) mass is 280 g/mol. The standard InChI is InChI=1S/C17H13FN2O/c1-11-5-4-7-14(16(11)18)17(21)20-13-9-12-6-2-3-8-15(12)19-10-13/h2-10H,1H3,(H,20,21). The van der Waals surface area contributed by atoms with Gasteiger partial charge in [-0.3, -0.25) is 9.78 Å². The smallest absolute Gasteiger partial charge is 0.258 e. The van der Waals surface area contributed by atoms with E-state index in [2.05, 4.69) is 10.3 Å². The summed E-state index contributed by atoms with van der Waals surface area (Å²) >= 11 is 0. The van der Waals surface area contributed by atoms with Crippen molar-refractivity contribution < 1.29 is 9.18 Å². The van der Waals surface area contributed by atoms with Crippen LogP contribution in [0.5, 0.6) is 0 Å². The van der Waals surface area contributed by atoms with E-state index in [1.54, 1.807) is 25.3 Å². The van der Waals surface area contributed by atoms with E-state index in [-0.39, 0.29) is 5.56 Å². The second-order valence-electron chi connectivity index (χ2n) is 4.81. The molecule has 1 amide bonds. The van der Waals surface area contributed by atoms with Gasteiger partial charge in [0, 0.05) is 5.39 Å². The molecule has 1 N–H and O–H groups in total. The normalized spacial score (nSPS) is 10.6. The molecule has 2 aromatic carbocycles. The lowest BCUT2D eigenvalue weighted by atomic mass is 10.1. The molecule has 0 spiro atoms. The summed E-state index contributed by atoms with van der Waals surface area (Å²) in [7, 11) is 0. The third-order valence-corrected chi connectivity index (χ3v) is 3.28. The van der Waals surface area contributed by atoms with Crippen molar-refractivity contribution in [2.75, 3.05) is 5.32 Å². The van der Waals surface area contributed by atoms with E-state index in [9.17, 15) is 9.18 Å². The van der Waals surface area contributed by atoms with Crippen LogP contribution in [0.3, 0.4) is 0 Å². The lowest BCUT2D eigenvalue weighted by Crippen LogP contribution is -2.14. The van der Waals surface area contributed by atoms with Crippen molar-refractivity contribution in [2.45, 2.75) is 6.92 Å². The zero-order chi connectivity index (χ0) is 14.8. The average molecular weight is 280 g/mol. The topological polar surface area (TPSA) is 42.0 Å². The third-order valence-electron chi connectivity index (χ3n) is 3.28. The molecule has 0 atom stereocenters. The van der Waals surface area contributed by atoms with Gasteiger partial charge in [0.1, 0.15) is 5.82 Å². The Balaban J connectivity index is 1.91. The summed E-state index contributed by atoms with van der Waals surface area (Å²) in [5.41, 5.74) is 1.86. The molecule has 0 radical (unpaired) electrons. The summed E-state index contributed by atoms with van der Waals surface area (Å²) < 4.78 is 13.9. The van der Waals surface area contributed by atoms with Crippen molar-refractivity contribution in [1.29, 1.82) is 0 Å². The lowest BCUT2D eigenvalue weighted by molar-refractivity contribution is 0.102. The van der Waals surface area contributed by atoms with E-state index >= 15 is 0 Å². The van der Waals surface area contributed by atoms with Gasteiger partial charge in [-0.1, -0.05) is 30.3 Å². The van der Waals surface area contributed by atoms with Gasteiger partial charge in [-0.25, -0.2) is 4.39 Å². The minimum Gasteiger partial charge on any atom is -0.320 e. The number of carbonyl (C=O) groups is 1. The highest BCUT2D eigenvalue weighted by Crippen LogP contribution is 2.18. The van der Waals surface area contributed by atoms with Gasteiger partial charge < -0.3 is 5.32 Å². The van der Waals surface area contributed by atoms with E-state index in [4.69, 9.17) is 0 Å². The predicted molar refractivity (Wildman–Crippen MR) is 80.8 cm³/mol. The Morgan fingerprint density at radius 1 is 1.14 bits per heavy atom. The number of rotatable bonds is 2. The number of halogens is 1. The van der Waals surface area contributed by atoms with Gasteiger partial charge in [0.25, 0.3) is 5.91 Å². The fourth-order valence-electron chi connectivity index (χ4n) is 2.16. The van der Waals surface area contributed by atoms with E-state index < -0.39 is 11.7 Å². The molecule has 3 nitrogen and oxygen atoms in total. The molecule has 1 aromatic heterocycles. The maximum atomic E-state index is 13.9. The highest BCUT2D eigenvalue weighted by Gasteiger charge is 2.13. The average Bonchev–Trinajstić information content (AvgIpc) is 2.50. The molecule has 0 unspecified atom stereocenters. The van der Waals surface area contributed by atoms with Gasteiger partial charge >= 0.3 is 0 Å². The number of fused-ring (bicyclic) bond motifs is 1. The Labute approximate surface area is 121 Å². The first-order valence-corrected chi connectivity index (χ1v) is 6.56. The van der Waals surface area contributed by atoms with Crippen molar-refractivity contribution in [3.8, 4) is 0 Å². The van der Waals surface area contributed by atoms with Crippen molar-refractivity contribution in [3.05, 3.63) is 71.7 Å². The number of nitrogens with zero attached hydrogens (tertiary/aromatic N) is 1. The quantitative estimate of drug-likeness (QED) is 0.772. The van der Waals surface area contributed by atoms with Crippen LogP contribution >= 0.6 is 0 Å². The number of aromatic nitrogens is 1. The molecular weight excluding hydrogens is 267 g/mol. The van der Waals surface area contributed by atoms with Gasteiger partial charge in [-0.2, -0.15) is 0 Å². The summed E-state index contributed by atoms with van der Waals surface area (Å²) in [6, 6.07) is 14.2. The number of aryl methyl sites for hydroxylation is 1. The van der Waals surface area contributed by atoms with Crippen LogP contribution < -0.4 is 5.32 Å². The Hall–Kier alpha value is -2.75. The highest BCUT2D eigenvalue weighted by atomic mass is 19.1. The Morgan fingerprint density at radius 3 is 2.81 bits per heavy atom. The molecule has 0 aliphatic rings. The number of amides is 1. The van der Waals surface area contributed by atoms with E-state index in [0.717, 1.165) is 10.9 Å². The number of hydrogen-bond acceptors (Lipinski definition) is 2. The number of hydrogen-bond donors (Lipinski definition) is 1. The Morgan fingerprint density at radius 2 is 1.95 bits per heavy atom. The first-order valence-electron chi connectivity index (χ1n) is 6.56. The fraction of sp³-hybridized carbons (Fsp3) is 0.0588. The Kier molecular flexibility index (Phi) is 3.36. The van der Waals surface area contributed by atoms with Crippen LogP contribution in [0.25, 0.3) is 10.9 Å². The summed E-state index contributed by atoms with van der Waals surface area (Å²) in [6.45, 7) is 1.63. The summed E-state index contributed by atoms with van der Waals surface area (Å²) in [6.07, 6.45) is 1.56. The van der Waals surface area contributed by atoms with Crippen molar-refractivity contribution in [1.82, 2.24) is 4.98 Å². The lowest BCUT2D eigenvalue weighted by Gasteiger charge is -2.08. The highest BCUT2D eigenvalue weighted by molar-refractivity contribution is 6.05. The maximum Gasteiger partial charge on any atom is 0.258 e. The summed E-state index contributed by atoms with van der Waals surface area (Å²) in [4.78, 5) is 16.4. The van der Waals surface area contributed by atoms with Crippen LogP contribution in [0, 0.1) is 12.7 Å². The first-order chi connectivity index (χ1) is 10.1. The van der Waals surface area contributed by atoms with Gasteiger partial charge in [0.05, 0.1) is 23.0 Å². The number of anilines is 1. The van der Waals surface area contributed by atoms with Crippen LogP contribution in [0.1, 0.15) is 15.9 Å². The van der Waals surface area contributed by atoms with E-state index in [1.807, 2.05) is 30.3 Å². The van der Waals surface area contributed by atoms with Gasteiger partial charge in [0.15, 0.2) is 0 Å². The van der Waals surface area contributed by atoms with Crippen LogP contribution in [-0.4, -0.2) is 10.9 Å². The van der Waals surface area contributed by atoms with Crippen LogP contribution in [0.4, 0.5) is 10.1 Å². The molecule has 0 aliphatic carbocycles. The molecule has 0 saturated carbocycles. The zero-order valence-electron chi connectivity index (χ0n) is 11.4. The van der Waals surface area contributed by atoms with E-state index in [1.165, 1.54) is 6.07 Å². The van der Waals surface area contributed by atoms with Crippen molar-refractivity contribution >= 4 is 22.5 Å². The van der Waals surface area contributed by atoms with Crippen molar-refractivity contribution in [2.24, 2.45) is 0 Å². The first kappa shape index (κ1) is 13.2. The SMILES string of the molecule is Cc1cccc(C(=O)Nc2cnc3ccccc3c2)c1F. The maximum absolute atomic E-state index is 13.9. The molecule has 104 valence electrons. The second kappa shape index (κ2) is 5.32. The number of benzene rings is 2. The molecule has 0 saturated heterocycles. The molecule has 0 fully saturated rings.